The van der Waals surface area contributed by atoms with Crippen molar-refractivity contribution in [2.75, 3.05) is 5.73 Å². The third-order valence-electron chi connectivity index (χ3n) is 1.18. The summed E-state index contributed by atoms with van der Waals surface area (Å²) in [5, 5.41) is 0. The molecule has 0 spiro atoms. The van der Waals surface area contributed by atoms with Gasteiger partial charge in [-0.25, -0.2) is 4.39 Å². The predicted octanol–water partition coefficient (Wildman–Crippen LogP) is 1.22. The summed E-state index contributed by atoms with van der Waals surface area (Å²) in [6, 6.07) is 3.67. The van der Waals surface area contributed by atoms with Gasteiger partial charge in [-0.3, -0.25) is 4.79 Å². The first-order chi connectivity index (χ1) is 4.74. The number of aldehydes is 1. The minimum atomic E-state index is -0.448. The molecule has 1 aromatic carbocycles. The van der Waals surface area contributed by atoms with Gasteiger partial charge in [0.15, 0.2) is 6.29 Å². The molecule has 0 radical (unpaired) electrons. The van der Waals surface area contributed by atoms with Crippen LogP contribution < -0.4 is 5.73 Å². The third kappa shape index (κ3) is 1.13. The average Bonchev–Trinajstić information content (AvgIpc) is 1.94. The molecule has 0 atom stereocenters. The van der Waals surface area contributed by atoms with Gasteiger partial charge in [-0.2, -0.15) is 0 Å². The van der Waals surface area contributed by atoms with Crippen LogP contribution in [0.15, 0.2) is 18.2 Å². The van der Waals surface area contributed by atoms with Gasteiger partial charge in [0.05, 0.1) is 0 Å². The molecule has 0 saturated heterocycles. The Hall–Kier alpha value is -1.38. The third-order valence-corrected chi connectivity index (χ3v) is 1.18. The number of carbonyl (C=O) groups is 1. The van der Waals surface area contributed by atoms with Gasteiger partial charge < -0.3 is 5.73 Å². The first-order valence-electron chi connectivity index (χ1n) is 2.74. The normalized spacial score (nSPS) is 9.30. The summed E-state index contributed by atoms with van der Waals surface area (Å²) >= 11 is 0. The van der Waals surface area contributed by atoms with Crippen LogP contribution >= 0.6 is 0 Å². The molecule has 0 aliphatic rings. The summed E-state index contributed by atoms with van der Waals surface area (Å²) in [6.45, 7) is 0. The Bertz CT molecular complexity index is 260. The Morgan fingerprint density at radius 3 is 2.70 bits per heavy atom. The fourth-order valence-electron chi connectivity index (χ4n) is 0.648. The van der Waals surface area contributed by atoms with Crippen LogP contribution in [0, 0.1) is 5.82 Å². The van der Waals surface area contributed by atoms with E-state index in [1.165, 1.54) is 12.1 Å². The van der Waals surface area contributed by atoms with Crippen molar-refractivity contribution in [3.8, 4) is 0 Å². The fraction of sp³-hybridized carbons (Fsp3) is 0. The molecule has 2 nitrogen and oxygen atoms in total. The number of halogens is 1. The number of hydrogen-bond donors (Lipinski definition) is 1. The van der Waals surface area contributed by atoms with Gasteiger partial charge >= 0.3 is 0 Å². The summed E-state index contributed by atoms with van der Waals surface area (Å²) in [6.07, 6.45) is 0.526. The van der Waals surface area contributed by atoms with E-state index in [1.807, 2.05) is 0 Å². The minimum absolute atomic E-state index is 0.194. The van der Waals surface area contributed by atoms with Crippen LogP contribution in [0.1, 0.15) is 10.4 Å². The van der Waals surface area contributed by atoms with Crippen LogP contribution in [-0.4, -0.2) is 6.29 Å². The van der Waals surface area contributed by atoms with Crippen molar-refractivity contribution in [1.82, 2.24) is 0 Å². The highest BCUT2D eigenvalue weighted by atomic mass is 19.1. The highest BCUT2D eigenvalue weighted by Gasteiger charge is 1.97. The number of benzene rings is 1. The van der Waals surface area contributed by atoms with Crippen molar-refractivity contribution in [3.63, 3.8) is 0 Å². The van der Waals surface area contributed by atoms with E-state index in [-0.39, 0.29) is 5.56 Å². The molecule has 0 saturated carbocycles. The number of rotatable bonds is 1. The van der Waals surface area contributed by atoms with E-state index in [4.69, 9.17) is 5.73 Å². The molecule has 10 heavy (non-hydrogen) atoms. The zero-order valence-corrected chi connectivity index (χ0v) is 5.17. The van der Waals surface area contributed by atoms with Gasteiger partial charge in [0.1, 0.15) is 5.82 Å². The Kier molecular flexibility index (Phi) is 1.67. The minimum Gasteiger partial charge on any atom is -0.398 e. The second-order valence-electron chi connectivity index (χ2n) is 1.89. The van der Waals surface area contributed by atoms with Crippen molar-refractivity contribution < 1.29 is 9.18 Å². The smallest absolute Gasteiger partial charge is 0.152 e. The summed E-state index contributed by atoms with van der Waals surface area (Å²) < 4.78 is 12.3. The molecule has 0 bridgehead atoms. The van der Waals surface area contributed by atoms with Gasteiger partial charge in [0.25, 0.3) is 0 Å². The lowest BCUT2D eigenvalue weighted by Crippen LogP contribution is -1.92. The topological polar surface area (TPSA) is 43.1 Å². The molecule has 0 heterocycles. The number of nitrogen functional groups attached to an aromatic ring is 1. The van der Waals surface area contributed by atoms with E-state index in [1.54, 1.807) is 0 Å². The van der Waals surface area contributed by atoms with Gasteiger partial charge in [-0.05, 0) is 18.2 Å². The van der Waals surface area contributed by atoms with Crippen LogP contribution in [-0.2, 0) is 0 Å². The molecular formula is C7H6FNO. The van der Waals surface area contributed by atoms with Crippen LogP contribution in [0.3, 0.4) is 0 Å². The zero-order valence-electron chi connectivity index (χ0n) is 5.17. The Balaban J connectivity index is 3.21. The second-order valence-corrected chi connectivity index (χ2v) is 1.89. The van der Waals surface area contributed by atoms with E-state index in [9.17, 15) is 9.18 Å². The monoisotopic (exact) mass is 139 g/mol. The number of anilines is 1. The maximum absolute atomic E-state index is 12.3. The molecule has 0 aliphatic carbocycles. The molecule has 1 rings (SSSR count). The van der Waals surface area contributed by atoms with E-state index in [0.29, 0.717) is 12.0 Å². The second kappa shape index (κ2) is 2.47. The SMILES string of the molecule is Nc1ccc(F)cc1C=O. The fourth-order valence-corrected chi connectivity index (χ4v) is 0.648. The van der Waals surface area contributed by atoms with E-state index in [0.717, 1.165) is 6.07 Å². The standard InChI is InChI=1S/C7H6FNO/c8-6-1-2-7(9)5(3-6)4-10/h1-4H,9H2. The van der Waals surface area contributed by atoms with E-state index < -0.39 is 5.82 Å². The van der Waals surface area contributed by atoms with Crippen LogP contribution in [0.5, 0.6) is 0 Å². The Morgan fingerprint density at radius 2 is 2.20 bits per heavy atom. The van der Waals surface area contributed by atoms with Gasteiger partial charge in [0.2, 0.25) is 0 Å². The van der Waals surface area contributed by atoms with Crippen molar-refractivity contribution in [3.05, 3.63) is 29.6 Å². The summed E-state index contributed by atoms with van der Waals surface area (Å²) in [5.41, 5.74) is 5.80. The molecule has 0 fully saturated rings. The van der Waals surface area contributed by atoms with Gasteiger partial charge in [-0.1, -0.05) is 0 Å². The molecule has 1 aromatic rings. The largest absolute Gasteiger partial charge is 0.398 e. The highest BCUT2D eigenvalue weighted by molar-refractivity contribution is 5.82. The van der Waals surface area contributed by atoms with Crippen molar-refractivity contribution in [2.45, 2.75) is 0 Å². The average molecular weight is 139 g/mol. The molecule has 52 valence electrons. The van der Waals surface area contributed by atoms with Crippen molar-refractivity contribution in [2.24, 2.45) is 0 Å². The summed E-state index contributed by atoms with van der Waals surface area (Å²) in [4.78, 5) is 10.1. The quantitative estimate of drug-likeness (QED) is 0.469. The van der Waals surface area contributed by atoms with Gasteiger partial charge in [0, 0.05) is 11.3 Å². The highest BCUT2D eigenvalue weighted by Crippen LogP contribution is 2.09. The van der Waals surface area contributed by atoms with E-state index >= 15 is 0 Å². The maximum atomic E-state index is 12.3. The van der Waals surface area contributed by atoms with Crippen molar-refractivity contribution in [1.29, 1.82) is 0 Å². The lowest BCUT2D eigenvalue weighted by Gasteiger charge is -1.95. The lowest BCUT2D eigenvalue weighted by atomic mass is 10.2. The number of nitrogens with two attached hydrogens (primary N) is 1. The molecule has 0 unspecified atom stereocenters. The Morgan fingerprint density at radius 1 is 1.50 bits per heavy atom. The molecular weight excluding hydrogens is 133 g/mol. The predicted molar refractivity (Wildman–Crippen MR) is 36.2 cm³/mol. The number of carbonyl (C=O) groups excluding carboxylic acids is 1. The number of hydrogen-bond acceptors (Lipinski definition) is 2. The zero-order chi connectivity index (χ0) is 7.56. The molecule has 0 aliphatic heterocycles. The van der Waals surface area contributed by atoms with Gasteiger partial charge in [-0.15, -0.1) is 0 Å². The summed E-state index contributed by atoms with van der Waals surface area (Å²) in [5.74, 6) is -0.448. The Labute approximate surface area is 57.5 Å². The first kappa shape index (κ1) is 6.74. The lowest BCUT2D eigenvalue weighted by molar-refractivity contribution is 0.112. The first-order valence-corrected chi connectivity index (χ1v) is 2.74. The summed E-state index contributed by atoms with van der Waals surface area (Å²) in [7, 11) is 0. The van der Waals surface area contributed by atoms with Crippen LogP contribution in [0.4, 0.5) is 10.1 Å². The van der Waals surface area contributed by atoms with Crippen LogP contribution in [0.2, 0.25) is 0 Å². The molecule has 0 amide bonds. The van der Waals surface area contributed by atoms with Crippen LogP contribution in [0.25, 0.3) is 0 Å². The molecule has 0 aromatic heterocycles. The van der Waals surface area contributed by atoms with E-state index in [2.05, 4.69) is 0 Å². The van der Waals surface area contributed by atoms with Crippen molar-refractivity contribution >= 4 is 12.0 Å². The molecule has 2 N–H and O–H groups in total. The maximum Gasteiger partial charge on any atom is 0.152 e. The molecule has 3 heteroatoms.